The smallest absolute Gasteiger partial charge is 0.214 e. The second kappa shape index (κ2) is 3.17. The van der Waals surface area contributed by atoms with E-state index in [2.05, 4.69) is 0 Å². The van der Waals surface area contributed by atoms with Crippen LogP contribution in [0.4, 0.5) is 0 Å². The van der Waals surface area contributed by atoms with Crippen molar-refractivity contribution >= 4 is 0 Å². The Hall–Kier alpha value is -0.0266. The van der Waals surface area contributed by atoms with Crippen molar-refractivity contribution in [2.45, 2.75) is 0 Å². The summed E-state index contributed by atoms with van der Waals surface area (Å²) in [4.78, 5) is 0. The van der Waals surface area contributed by atoms with Gasteiger partial charge in [0, 0.05) is 0 Å². The van der Waals surface area contributed by atoms with E-state index in [-0.39, 0.29) is 19.5 Å². The van der Waals surface area contributed by atoms with E-state index >= 15 is 0 Å². The molecule has 6 heavy (non-hydrogen) atoms. The minimum absolute atomic E-state index is 0. The molecule has 0 heterocycles. The molecule has 0 amide bonds. The topological polar surface area (TPSA) is 0 Å². The quantitative estimate of drug-likeness (QED) is 0.405. The summed E-state index contributed by atoms with van der Waals surface area (Å²) in [6.07, 6.45) is 0. The van der Waals surface area contributed by atoms with Crippen LogP contribution in [0.2, 0.25) is 0 Å². The first-order valence-electron chi connectivity index (χ1n) is 1.67. The molecule has 0 saturated heterocycles. The van der Waals surface area contributed by atoms with Crippen LogP contribution in [0.5, 0.6) is 0 Å². The molecule has 0 saturated carbocycles. The maximum atomic E-state index is 2.00. The summed E-state index contributed by atoms with van der Waals surface area (Å²) in [6, 6.07) is 10.0. The summed E-state index contributed by atoms with van der Waals surface area (Å²) >= 11 is 0. The predicted octanol–water partition coefficient (Wildman–Crippen LogP) is 1.40. The fourth-order valence-corrected chi connectivity index (χ4v) is 0.321. The van der Waals surface area contributed by atoms with Crippen LogP contribution in [0.1, 0.15) is 0 Å². The van der Waals surface area contributed by atoms with Crippen molar-refractivity contribution in [3.8, 4) is 0 Å². The molecule has 0 atom stereocenters. The first kappa shape index (κ1) is 5.97. The fourth-order valence-electron chi connectivity index (χ4n) is 0.321. The summed E-state index contributed by atoms with van der Waals surface area (Å²) in [6.45, 7) is 0. The second-order valence-corrected chi connectivity index (χ2v) is 0.962. The van der Waals surface area contributed by atoms with Crippen LogP contribution in [0.15, 0.2) is 30.3 Å². The molecule has 0 spiro atoms. The molecule has 0 bridgehead atoms. The first-order chi connectivity index (χ1) is 2.50. The van der Waals surface area contributed by atoms with Gasteiger partial charge in [-0.05, 0) is 0 Å². The number of rotatable bonds is 0. The minimum atomic E-state index is 0. The first-order valence-corrected chi connectivity index (χ1v) is 1.67. The zero-order chi connectivity index (χ0) is 3.54. The normalized spacial score (nSPS) is 6.67. The van der Waals surface area contributed by atoms with Gasteiger partial charge in [-0.2, -0.15) is 18.2 Å². The maximum Gasteiger partial charge on any atom is 3.00 e. The van der Waals surface area contributed by atoms with Crippen LogP contribution in [-0.4, -0.2) is 0 Å². The van der Waals surface area contributed by atoms with Crippen molar-refractivity contribution in [2.24, 2.45) is 0 Å². The fraction of sp³-hybridized carbons (Fsp3) is 0. The average Bonchev–Trinajstić information content (AvgIpc) is 1.76. The van der Waals surface area contributed by atoms with E-state index in [0.717, 1.165) is 0 Å². The van der Waals surface area contributed by atoms with Crippen LogP contribution in [-0.2, 0) is 19.5 Å². The molecule has 1 aromatic carbocycles. The molecule has 0 N–H and O–H groups in total. The standard InChI is InChI=1S/C5H5.Rh/c1-2-4-5-3-1;/h1-5H;/q-1;+3. The molecule has 32 valence electrons. The van der Waals surface area contributed by atoms with Gasteiger partial charge in [0.15, 0.2) is 0 Å². The summed E-state index contributed by atoms with van der Waals surface area (Å²) in [7, 11) is 0. The molecule has 1 rings (SSSR count). The third-order valence-electron chi connectivity index (χ3n) is 0.556. The summed E-state index contributed by atoms with van der Waals surface area (Å²) in [5.74, 6) is 0. The summed E-state index contributed by atoms with van der Waals surface area (Å²) in [5.41, 5.74) is 0. The van der Waals surface area contributed by atoms with Crippen molar-refractivity contribution in [1.29, 1.82) is 0 Å². The zero-order valence-electron chi connectivity index (χ0n) is 3.22. The molecule has 0 aliphatic heterocycles. The molecule has 0 radical (unpaired) electrons. The van der Waals surface area contributed by atoms with E-state index in [1.165, 1.54) is 0 Å². The van der Waals surface area contributed by atoms with E-state index in [0.29, 0.717) is 0 Å². The largest absolute Gasteiger partial charge is 3.00 e. The Morgan fingerprint density at radius 2 is 1.50 bits per heavy atom. The van der Waals surface area contributed by atoms with E-state index in [1.54, 1.807) is 0 Å². The number of hydrogen-bond acceptors (Lipinski definition) is 0. The molecular weight excluding hydrogens is 163 g/mol. The van der Waals surface area contributed by atoms with Crippen molar-refractivity contribution < 1.29 is 19.5 Å². The van der Waals surface area contributed by atoms with Crippen molar-refractivity contribution in [3.63, 3.8) is 0 Å². The van der Waals surface area contributed by atoms with Crippen LogP contribution in [0, 0.1) is 0 Å². The van der Waals surface area contributed by atoms with Crippen LogP contribution >= 0.6 is 0 Å². The van der Waals surface area contributed by atoms with Gasteiger partial charge >= 0.3 is 19.5 Å². The molecular formula is C5H5Rh+2. The van der Waals surface area contributed by atoms with Gasteiger partial charge in [-0.15, -0.1) is 0 Å². The minimum Gasteiger partial charge on any atom is -0.214 e. The Bertz CT molecular complexity index is 60.4. The van der Waals surface area contributed by atoms with E-state index in [9.17, 15) is 0 Å². The van der Waals surface area contributed by atoms with E-state index in [4.69, 9.17) is 0 Å². The van der Waals surface area contributed by atoms with Gasteiger partial charge in [0.2, 0.25) is 0 Å². The Balaban J connectivity index is 0.000000250. The Morgan fingerprint density at radius 3 is 1.67 bits per heavy atom. The zero-order valence-corrected chi connectivity index (χ0v) is 4.86. The Morgan fingerprint density at radius 1 is 1.00 bits per heavy atom. The molecule has 0 aliphatic rings. The van der Waals surface area contributed by atoms with Gasteiger partial charge in [-0.1, -0.05) is 0 Å². The monoisotopic (exact) mass is 168 g/mol. The molecule has 1 aromatic rings. The predicted molar refractivity (Wildman–Crippen MR) is 22.0 cm³/mol. The summed E-state index contributed by atoms with van der Waals surface area (Å²) in [5, 5.41) is 0. The van der Waals surface area contributed by atoms with Gasteiger partial charge in [0.05, 0.1) is 0 Å². The van der Waals surface area contributed by atoms with Gasteiger partial charge in [-0.25, -0.2) is 12.1 Å². The second-order valence-electron chi connectivity index (χ2n) is 0.962. The van der Waals surface area contributed by atoms with Gasteiger partial charge < -0.3 is 0 Å². The third kappa shape index (κ3) is 1.42. The number of hydrogen-bond donors (Lipinski definition) is 0. The molecule has 0 unspecified atom stereocenters. The Labute approximate surface area is 50.3 Å². The average molecular weight is 168 g/mol. The van der Waals surface area contributed by atoms with Crippen LogP contribution in [0.25, 0.3) is 0 Å². The molecule has 0 aromatic heterocycles. The summed E-state index contributed by atoms with van der Waals surface area (Å²) < 4.78 is 0. The van der Waals surface area contributed by atoms with E-state index in [1.807, 2.05) is 30.3 Å². The van der Waals surface area contributed by atoms with Gasteiger partial charge in [-0.3, -0.25) is 0 Å². The van der Waals surface area contributed by atoms with Gasteiger partial charge in [0.25, 0.3) is 0 Å². The van der Waals surface area contributed by atoms with Gasteiger partial charge in [0.1, 0.15) is 0 Å². The molecule has 0 fully saturated rings. The van der Waals surface area contributed by atoms with Crippen LogP contribution in [0.3, 0.4) is 0 Å². The van der Waals surface area contributed by atoms with Crippen molar-refractivity contribution in [2.75, 3.05) is 0 Å². The maximum absolute atomic E-state index is 2.00. The van der Waals surface area contributed by atoms with Crippen molar-refractivity contribution in [1.82, 2.24) is 0 Å². The Kier molecular flexibility index (Phi) is 3.16. The molecule has 0 aliphatic carbocycles. The SMILES string of the molecule is [Rh+3].c1cc[cH-]c1. The van der Waals surface area contributed by atoms with E-state index < -0.39 is 0 Å². The molecule has 0 nitrogen and oxygen atoms in total. The van der Waals surface area contributed by atoms with Crippen LogP contribution < -0.4 is 0 Å². The third-order valence-corrected chi connectivity index (χ3v) is 0.556. The van der Waals surface area contributed by atoms with Crippen molar-refractivity contribution in [3.05, 3.63) is 30.3 Å². The molecule has 1 heteroatoms.